The van der Waals surface area contributed by atoms with Gasteiger partial charge in [-0.15, -0.1) is 0 Å². The van der Waals surface area contributed by atoms with Crippen LogP contribution in [0, 0.1) is 0 Å². The molecule has 4 heteroatoms. The third-order valence-electron chi connectivity index (χ3n) is 2.50. The van der Waals surface area contributed by atoms with Crippen molar-refractivity contribution in [2.45, 2.75) is 13.5 Å². The van der Waals surface area contributed by atoms with Gasteiger partial charge in [-0.3, -0.25) is 10.2 Å². The van der Waals surface area contributed by atoms with Gasteiger partial charge in [0.15, 0.2) is 0 Å². The number of benzene rings is 1. The molecule has 15 heavy (non-hydrogen) atoms. The van der Waals surface area contributed by atoms with Crippen LogP contribution in [0.15, 0.2) is 30.5 Å². The first kappa shape index (κ1) is 9.73. The van der Waals surface area contributed by atoms with E-state index >= 15 is 0 Å². The van der Waals surface area contributed by atoms with Crippen LogP contribution in [0.4, 0.5) is 0 Å². The topological polar surface area (TPSA) is 60.0 Å². The van der Waals surface area contributed by atoms with Crippen LogP contribution in [0.25, 0.3) is 10.9 Å². The maximum atomic E-state index is 11.5. The van der Waals surface area contributed by atoms with E-state index in [4.69, 9.17) is 5.84 Å². The van der Waals surface area contributed by atoms with E-state index in [1.807, 2.05) is 42.0 Å². The summed E-state index contributed by atoms with van der Waals surface area (Å²) < 4.78 is 2.03. The Morgan fingerprint density at radius 2 is 2.20 bits per heavy atom. The molecule has 1 aromatic heterocycles. The van der Waals surface area contributed by atoms with Crippen molar-refractivity contribution in [3.05, 3.63) is 36.0 Å². The van der Waals surface area contributed by atoms with Crippen molar-refractivity contribution in [2.24, 2.45) is 5.84 Å². The number of rotatable bonds is 2. The van der Waals surface area contributed by atoms with Gasteiger partial charge in [-0.1, -0.05) is 18.2 Å². The fraction of sp³-hybridized carbons (Fsp3) is 0.182. The predicted molar refractivity (Wildman–Crippen MR) is 59.3 cm³/mol. The second kappa shape index (κ2) is 3.74. The number of para-hydroxylation sites is 1. The van der Waals surface area contributed by atoms with Gasteiger partial charge in [-0.25, -0.2) is 5.84 Å². The SMILES string of the molecule is CCn1cc(C(=O)NN)c2ccccc21. The van der Waals surface area contributed by atoms with Crippen LogP contribution in [-0.2, 0) is 6.54 Å². The molecule has 4 nitrogen and oxygen atoms in total. The summed E-state index contributed by atoms with van der Waals surface area (Å²) in [6.45, 7) is 2.87. The smallest absolute Gasteiger partial charge is 0.267 e. The predicted octanol–water partition coefficient (Wildman–Crippen LogP) is 1.26. The molecule has 0 atom stereocenters. The standard InChI is InChI=1S/C11H13N3O/c1-2-14-7-9(11(15)13-12)8-5-3-4-6-10(8)14/h3-7H,2,12H2,1H3,(H,13,15). The normalized spacial score (nSPS) is 10.5. The van der Waals surface area contributed by atoms with Gasteiger partial charge in [0.2, 0.25) is 0 Å². The number of fused-ring (bicyclic) bond motifs is 1. The monoisotopic (exact) mass is 203 g/mol. The number of carbonyl (C=O) groups excluding carboxylic acids is 1. The molecule has 0 saturated carbocycles. The van der Waals surface area contributed by atoms with E-state index in [1.54, 1.807) is 0 Å². The molecule has 0 radical (unpaired) electrons. The van der Waals surface area contributed by atoms with Crippen molar-refractivity contribution in [3.8, 4) is 0 Å². The number of hydrogen-bond donors (Lipinski definition) is 2. The minimum atomic E-state index is -0.251. The second-order valence-corrected chi connectivity index (χ2v) is 3.32. The Balaban J connectivity index is 2.70. The lowest BCUT2D eigenvalue weighted by Crippen LogP contribution is -2.29. The molecule has 0 aliphatic rings. The molecule has 1 aromatic carbocycles. The van der Waals surface area contributed by atoms with E-state index in [2.05, 4.69) is 5.43 Å². The van der Waals surface area contributed by atoms with E-state index in [-0.39, 0.29) is 5.91 Å². The Hall–Kier alpha value is -1.81. The molecule has 1 heterocycles. The van der Waals surface area contributed by atoms with Crippen molar-refractivity contribution >= 4 is 16.8 Å². The number of carbonyl (C=O) groups is 1. The number of hydrazine groups is 1. The molecule has 78 valence electrons. The lowest BCUT2D eigenvalue weighted by molar-refractivity contribution is 0.0955. The first-order chi connectivity index (χ1) is 7.27. The summed E-state index contributed by atoms with van der Waals surface area (Å²) in [6.07, 6.45) is 1.83. The fourth-order valence-electron chi connectivity index (χ4n) is 1.77. The number of aryl methyl sites for hydroxylation is 1. The number of aromatic nitrogens is 1. The molecule has 3 N–H and O–H groups in total. The van der Waals surface area contributed by atoms with Gasteiger partial charge in [0.25, 0.3) is 5.91 Å². The highest BCUT2D eigenvalue weighted by Gasteiger charge is 2.12. The molecular weight excluding hydrogens is 190 g/mol. The minimum absolute atomic E-state index is 0.251. The largest absolute Gasteiger partial charge is 0.347 e. The highest BCUT2D eigenvalue weighted by atomic mass is 16.2. The van der Waals surface area contributed by atoms with E-state index < -0.39 is 0 Å². The van der Waals surface area contributed by atoms with Gasteiger partial charge < -0.3 is 4.57 Å². The highest BCUT2D eigenvalue weighted by molar-refractivity contribution is 6.06. The lowest BCUT2D eigenvalue weighted by atomic mass is 10.2. The Morgan fingerprint density at radius 3 is 2.87 bits per heavy atom. The summed E-state index contributed by atoms with van der Waals surface area (Å²) >= 11 is 0. The molecule has 0 unspecified atom stereocenters. The summed E-state index contributed by atoms with van der Waals surface area (Å²) in [7, 11) is 0. The number of hydrogen-bond acceptors (Lipinski definition) is 2. The second-order valence-electron chi connectivity index (χ2n) is 3.32. The Morgan fingerprint density at radius 1 is 1.47 bits per heavy atom. The molecule has 2 aromatic rings. The zero-order chi connectivity index (χ0) is 10.8. The summed E-state index contributed by atoms with van der Waals surface area (Å²) in [5.74, 6) is 4.89. The number of nitrogens with one attached hydrogen (secondary N) is 1. The van der Waals surface area contributed by atoms with Gasteiger partial charge in [-0.05, 0) is 13.0 Å². The van der Waals surface area contributed by atoms with Crippen LogP contribution < -0.4 is 11.3 Å². The first-order valence-electron chi connectivity index (χ1n) is 4.86. The average Bonchev–Trinajstić information content (AvgIpc) is 2.67. The van der Waals surface area contributed by atoms with Crippen molar-refractivity contribution in [3.63, 3.8) is 0 Å². The number of nitrogens with two attached hydrogens (primary N) is 1. The Bertz CT molecular complexity index is 502. The van der Waals surface area contributed by atoms with E-state index in [1.165, 1.54) is 0 Å². The third-order valence-corrected chi connectivity index (χ3v) is 2.50. The Labute approximate surface area is 87.6 Å². The van der Waals surface area contributed by atoms with Crippen molar-refractivity contribution in [2.75, 3.05) is 0 Å². The molecule has 0 saturated heterocycles. The van der Waals surface area contributed by atoms with Crippen LogP contribution in [-0.4, -0.2) is 10.5 Å². The van der Waals surface area contributed by atoms with E-state index in [0.29, 0.717) is 5.56 Å². The fourth-order valence-corrected chi connectivity index (χ4v) is 1.77. The first-order valence-corrected chi connectivity index (χ1v) is 4.86. The van der Waals surface area contributed by atoms with E-state index in [9.17, 15) is 4.79 Å². The zero-order valence-corrected chi connectivity index (χ0v) is 8.53. The summed E-state index contributed by atoms with van der Waals surface area (Å²) in [4.78, 5) is 11.5. The minimum Gasteiger partial charge on any atom is -0.347 e. The van der Waals surface area contributed by atoms with Gasteiger partial charge in [0.05, 0.1) is 5.56 Å². The molecule has 0 aliphatic heterocycles. The summed E-state index contributed by atoms with van der Waals surface area (Å²) in [5.41, 5.74) is 3.83. The number of amides is 1. The van der Waals surface area contributed by atoms with Crippen molar-refractivity contribution in [1.82, 2.24) is 9.99 Å². The third kappa shape index (κ3) is 1.49. The molecule has 0 fully saturated rings. The lowest BCUT2D eigenvalue weighted by Gasteiger charge is -1.97. The molecular formula is C11H13N3O. The highest BCUT2D eigenvalue weighted by Crippen LogP contribution is 2.20. The average molecular weight is 203 g/mol. The number of nitrogens with zero attached hydrogens (tertiary/aromatic N) is 1. The van der Waals surface area contributed by atoms with Gasteiger partial charge in [0, 0.05) is 23.6 Å². The Kier molecular flexibility index (Phi) is 2.43. The van der Waals surface area contributed by atoms with E-state index in [0.717, 1.165) is 17.4 Å². The summed E-state index contributed by atoms with van der Waals surface area (Å²) in [6, 6.07) is 7.78. The van der Waals surface area contributed by atoms with Crippen molar-refractivity contribution < 1.29 is 4.79 Å². The maximum absolute atomic E-state index is 11.5. The van der Waals surface area contributed by atoms with Gasteiger partial charge >= 0.3 is 0 Å². The van der Waals surface area contributed by atoms with Crippen LogP contribution in [0.2, 0.25) is 0 Å². The molecule has 0 aliphatic carbocycles. The molecule has 0 spiro atoms. The quantitative estimate of drug-likeness (QED) is 0.438. The molecule has 0 bridgehead atoms. The van der Waals surface area contributed by atoms with Crippen LogP contribution in [0.1, 0.15) is 17.3 Å². The zero-order valence-electron chi connectivity index (χ0n) is 8.53. The maximum Gasteiger partial charge on any atom is 0.267 e. The molecule has 2 rings (SSSR count). The van der Waals surface area contributed by atoms with Gasteiger partial charge in [0.1, 0.15) is 0 Å². The number of nitrogen functional groups attached to an aromatic ring is 1. The van der Waals surface area contributed by atoms with Crippen LogP contribution in [0.3, 0.4) is 0 Å². The summed E-state index contributed by atoms with van der Waals surface area (Å²) in [5, 5.41) is 0.933. The van der Waals surface area contributed by atoms with Crippen LogP contribution >= 0.6 is 0 Å². The van der Waals surface area contributed by atoms with Crippen molar-refractivity contribution in [1.29, 1.82) is 0 Å². The van der Waals surface area contributed by atoms with Crippen LogP contribution in [0.5, 0.6) is 0 Å². The van der Waals surface area contributed by atoms with Gasteiger partial charge in [-0.2, -0.15) is 0 Å². The molecule has 1 amide bonds.